The zero-order valence-electron chi connectivity index (χ0n) is 15.2. The lowest BCUT2D eigenvalue weighted by atomic mass is 10.1. The molecule has 0 N–H and O–H groups in total. The standard InChI is InChI=1S/C20H23N5O/c1-15-10-22-24(12-15)9-8-19(26)23-13-18(14-23)25-16(2)11-21-20(25)17-6-4-3-5-7-17/h3-7,10-12,18H,8-9,13-14H2,1-2H3. The molecule has 1 aliphatic rings. The average Bonchev–Trinajstić information content (AvgIpc) is 3.19. The van der Waals surface area contributed by atoms with Gasteiger partial charge in [0, 0.05) is 49.7 Å². The van der Waals surface area contributed by atoms with Gasteiger partial charge in [0.1, 0.15) is 5.82 Å². The third kappa shape index (κ3) is 3.14. The molecule has 0 aliphatic carbocycles. The number of imidazole rings is 1. The molecular formula is C20H23N5O. The van der Waals surface area contributed by atoms with E-state index >= 15 is 0 Å². The smallest absolute Gasteiger partial charge is 0.224 e. The number of benzene rings is 1. The fraction of sp³-hybridized carbons (Fsp3) is 0.350. The molecule has 1 aromatic carbocycles. The zero-order chi connectivity index (χ0) is 18.1. The van der Waals surface area contributed by atoms with Gasteiger partial charge < -0.3 is 9.47 Å². The quantitative estimate of drug-likeness (QED) is 0.712. The number of carbonyl (C=O) groups excluding carboxylic acids is 1. The van der Waals surface area contributed by atoms with E-state index < -0.39 is 0 Å². The topological polar surface area (TPSA) is 56.0 Å². The van der Waals surface area contributed by atoms with Crippen molar-refractivity contribution >= 4 is 5.91 Å². The molecule has 3 aromatic rings. The number of hydrogen-bond acceptors (Lipinski definition) is 3. The van der Waals surface area contributed by atoms with Crippen LogP contribution >= 0.6 is 0 Å². The first-order valence-electron chi connectivity index (χ1n) is 8.98. The van der Waals surface area contributed by atoms with Crippen LogP contribution in [-0.2, 0) is 11.3 Å². The highest BCUT2D eigenvalue weighted by Gasteiger charge is 2.33. The van der Waals surface area contributed by atoms with Gasteiger partial charge in [-0.1, -0.05) is 30.3 Å². The van der Waals surface area contributed by atoms with Crippen LogP contribution in [-0.4, -0.2) is 43.2 Å². The maximum atomic E-state index is 12.4. The van der Waals surface area contributed by atoms with E-state index in [1.165, 1.54) is 0 Å². The van der Waals surface area contributed by atoms with Gasteiger partial charge in [-0.15, -0.1) is 0 Å². The third-order valence-electron chi connectivity index (χ3n) is 4.91. The first-order chi connectivity index (χ1) is 12.6. The number of nitrogens with zero attached hydrogens (tertiary/aromatic N) is 5. The minimum Gasteiger partial charge on any atom is -0.338 e. The number of aryl methyl sites for hydroxylation is 3. The van der Waals surface area contributed by atoms with E-state index in [0.29, 0.717) is 19.0 Å². The molecule has 0 spiro atoms. The summed E-state index contributed by atoms with van der Waals surface area (Å²) in [6.07, 6.45) is 6.18. The lowest BCUT2D eigenvalue weighted by molar-refractivity contribution is -0.137. The Bertz CT molecular complexity index is 905. The van der Waals surface area contributed by atoms with Gasteiger partial charge >= 0.3 is 0 Å². The van der Waals surface area contributed by atoms with Gasteiger partial charge in [0.15, 0.2) is 0 Å². The summed E-state index contributed by atoms with van der Waals surface area (Å²) in [6.45, 7) is 6.20. The second-order valence-electron chi connectivity index (χ2n) is 6.94. The Morgan fingerprint density at radius 3 is 2.62 bits per heavy atom. The van der Waals surface area contributed by atoms with Gasteiger partial charge in [0.2, 0.25) is 5.91 Å². The summed E-state index contributed by atoms with van der Waals surface area (Å²) in [5, 5.41) is 4.24. The molecule has 1 amide bonds. The van der Waals surface area contributed by atoms with Gasteiger partial charge in [-0.05, 0) is 19.4 Å². The molecule has 2 aromatic heterocycles. The Labute approximate surface area is 153 Å². The molecule has 6 nitrogen and oxygen atoms in total. The van der Waals surface area contributed by atoms with Crippen LogP contribution in [0.2, 0.25) is 0 Å². The average molecular weight is 349 g/mol. The van der Waals surface area contributed by atoms with E-state index in [1.807, 2.05) is 53.3 Å². The van der Waals surface area contributed by atoms with E-state index in [4.69, 9.17) is 0 Å². The van der Waals surface area contributed by atoms with Crippen molar-refractivity contribution in [1.82, 2.24) is 24.2 Å². The lowest BCUT2D eigenvalue weighted by Gasteiger charge is -2.41. The Morgan fingerprint density at radius 1 is 1.15 bits per heavy atom. The van der Waals surface area contributed by atoms with Crippen molar-refractivity contribution in [3.63, 3.8) is 0 Å². The van der Waals surface area contributed by atoms with Crippen LogP contribution < -0.4 is 0 Å². The Morgan fingerprint density at radius 2 is 1.92 bits per heavy atom. The van der Waals surface area contributed by atoms with Gasteiger partial charge in [-0.2, -0.15) is 5.10 Å². The molecule has 1 aliphatic heterocycles. The van der Waals surface area contributed by atoms with Gasteiger partial charge in [-0.25, -0.2) is 4.98 Å². The summed E-state index contributed by atoms with van der Waals surface area (Å²) >= 11 is 0. The fourth-order valence-corrected chi connectivity index (χ4v) is 3.49. The molecule has 4 rings (SSSR count). The molecule has 134 valence electrons. The van der Waals surface area contributed by atoms with E-state index in [2.05, 4.69) is 33.7 Å². The van der Waals surface area contributed by atoms with Gasteiger partial charge in [0.05, 0.1) is 12.2 Å². The van der Waals surface area contributed by atoms with Crippen LogP contribution in [0.4, 0.5) is 0 Å². The number of rotatable bonds is 5. The van der Waals surface area contributed by atoms with Crippen LogP contribution in [0.3, 0.4) is 0 Å². The van der Waals surface area contributed by atoms with Gasteiger partial charge in [0.25, 0.3) is 0 Å². The maximum absolute atomic E-state index is 12.4. The zero-order valence-corrected chi connectivity index (χ0v) is 15.2. The lowest BCUT2D eigenvalue weighted by Crippen LogP contribution is -2.51. The number of likely N-dealkylation sites (tertiary alicyclic amines) is 1. The van der Waals surface area contributed by atoms with Crippen molar-refractivity contribution in [2.24, 2.45) is 0 Å². The van der Waals surface area contributed by atoms with Crippen molar-refractivity contribution in [3.8, 4) is 11.4 Å². The predicted octanol–water partition coefficient (Wildman–Crippen LogP) is 2.84. The molecule has 3 heterocycles. The van der Waals surface area contributed by atoms with Gasteiger partial charge in [-0.3, -0.25) is 9.48 Å². The summed E-state index contributed by atoms with van der Waals surface area (Å²) in [5.41, 5.74) is 3.36. The summed E-state index contributed by atoms with van der Waals surface area (Å²) in [7, 11) is 0. The Hall–Kier alpha value is -2.89. The molecule has 0 atom stereocenters. The second-order valence-corrected chi connectivity index (χ2v) is 6.94. The summed E-state index contributed by atoms with van der Waals surface area (Å²) in [5.74, 6) is 1.17. The molecule has 0 radical (unpaired) electrons. The molecule has 26 heavy (non-hydrogen) atoms. The van der Waals surface area contributed by atoms with Crippen molar-refractivity contribution < 1.29 is 4.79 Å². The van der Waals surface area contributed by atoms with E-state index in [-0.39, 0.29) is 5.91 Å². The monoisotopic (exact) mass is 349 g/mol. The van der Waals surface area contributed by atoms with Crippen LogP contribution in [0.15, 0.2) is 48.9 Å². The van der Waals surface area contributed by atoms with Crippen LogP contribution in [0, 0.1) is 13.8 Å². The minimum atomic E-state index is 0.188. The summed E-state index contributed by atoms with van der Waals surface area (Å²) in [6, 6.07) is 10.5. The van der Waals surface area contributed by atoms with Crippen molar-refractivity contribution in [2.45, 2.75) is 32.9 Å². The first-order valence-corrected chi connectivity index (χ1v) is 8.98. The Kier molecular flexibility index (Phi) is 4.32. The van der Waals surface area contributed by atoms with E-state index in [0.717, 1.165) is 35.7 Å². The fourth-order valence-electron chi connectivity index (χ4n) is 3.49. The molecular weight excluding hydrogens is 326 g/mol. The van der Waals surface area contributed by atoms with Crippen LogP contribution in [0.1, 0.15) is 23.7 Å². The SMILES string of the molecule is Cc1cnn(CCC(=O)N2CC(n3c(C)cnc3-c3ccccc3)C2)c1. The van der Waals surface area contributed by atoms with E-state index in [1.54, 1.807) is 0 Å². The van der Waals surface area contributed by atoms with Crippen LogP contribution in [0.25, 0.3) is 11.4 Å². The number of carbonyl (C=O) groups is 1. The number of amides is 1. The highest BCUT2D eigenvalue weighted by Crippen LogP contribution is 2.29. The number of hydrogen-bond donors (Lipinski definition) is 0. The maximum Gasteiger partial charge on any atom is 0.224 e. The third-order valence-corrected chi connectivity index (χ3v) is 4.91. The highest BCUT2D eigenvalue weighted by atomic mass is 16.2. The van der Waals surface area contributed by atoms with Crippen LogP contribution in [0.5, 0.6) is 0 Å². The van der Waals surface area contributed by atoms with Crippen molar-refractivity contribution in [3.05, 3.63) is 60.2 Å². The first kappa shape index (κ1) is 16.6. The molecule has 1 fully saturated rings. The molecule has 0 unspecified atom stereocenters. The minimum absolute atomic E-state index is 0.188. The van der Waals surface area contributed by atoms with Crippen molar-refractivity contribution in [2.75, 3.05) is 13.1 Å². The predicted molar refractivity (Wildman–Crippen MR) is 99.6 cm³/mol. The highest BCUT2D eigenvalue weighted by molar-refractivity contribution is 5.77. The normalized spacial score (nSPS) is 14.5. The Balaban J connectivity index is 1.39. The molecule has 0 saturated carbocycles. The summed E-state index contributed by atoms with van der Waals surface area (Å²) < 4.78 is 4.09. The molecule has 0 bridgehead atoms. The molecule has 1 saturated heterocycles. The van der Waals surface area contributed by atoms with E-state index in [9.17, 15) is 4.79 Å². The van der Waals surface area contributed by atoms with Crippen molar-refractivity contribution in [1.29, 1.82) is 0 Å². The second kappa shape index (κ2) is 6.78. The largest absolute Gasteiger partial charge is 0.338 e. The molecule has 6 heteroatoms. The summed E-state index contributed by atoms with van der Waals surface area (Å²) in [4.78, 5) is 18.9. The number of aromatic nitrogens is 4.